The average molecular weight is 469 g/mol. The van der Waals surface area contributed by atoms with Gasteiger partial charge in [0.25, 0.3) is 0 Å². The number of hydrogen-bond donors (Lipinski definition) is 1. The molecule has 3 aromatic carbocycles. The van der Waals surface area contributed by atoms with Crippen LogP contribution in [0.25, 0.3) is 11.1 Å². The number of carboxylic acid groups (broad SMARTS) is 1. The maximum absolute atomic E-state index is 11.4. The second kappa shape index (κ2) is 9.44. The van der Waals surface area contributed by atoms with Crippen molar-refractivity contribution in [3.8, 4) is 16.9 Å². The first-order valence-electron chi connectivity index (χ1n) is 11.5. The molecule has 1 fully saturated rings. The molecule has 0 amide bonds. The Morgan fingerprint density at radius 3 is 2.39 bits per heavy atom. The molecule has 1 atom stereocenters. The van der Waals surface area contributed by atoms with Gasteiger partial charge in [-0.15, -0.1) is 0 Å². The fraction of sp³-hybridized carbons (Fsp3) is 0.345. The number of fused-ring (bicyclic) bond motifs is 1. The van der Waals surface area contributed by atoms with E-state index in [1.54, 1.807) is 0 Å². The second-order valence-electron chi connectivity index (χ2n) is 9.70. The summed E-state index contributed by atoms with van der Waals surface area (Å²) in [6.07, 6.45) is 3.50. The maximum atomic E-state index is 11.4. The van der Waals surface area contributed by atoms with Crippen molar-refractivity contribution in [2.45, 2.75) is 59.0 Å². The van der Waals surface area contributed by atoms with Gasteiger partial charge >= 0.3 is 43.7 Å². The number of aliphatic carboxylic acids is 1. The van der Waals surface area contributed by atoms with Gasteiger partial charge in [0.15, 0.2) is 0 Å². The van der Waals surface area contributed by atoms with Gasteiger partial charge in [-0.25, -0.2) is 0 Å². The van der Waals surface area contributed by atoms with E-state index in [0.29, 0.717) is 6.61 Å². The van der Waals surface area contributed by atoms with Crippen molar-refractivity contribution in [3.05, 3.63) is 88.0 Å². The molecule has 0 heterocycles. The topological polar surface area (TPSA) is 46.5 Å². The first kappa shape index (κ1) is 24.3. The zero-order chi connectivity index (χ0) is 22.5. The van der Waals surface area contributed by atoms with Crippen LogP contribution in [-0.4, -0.2) is 48.8 Å². The van der Waals surface area contributed by atoms with Crippen LogP contribution >= 0.6 is 0 Å². The van der Waals surface area contributed by atoms with E-state index >= 15 is 0 Å². The fourth-order valence-corrected chi connectivity index (χ4v) is 5.70. The molecule has 33 heavy (non-hydrogen) atoms. The molecule has 1 spiro atoms. The predicted octanol–water partition coefficient (Wildman–Crippen LogP) is 5.84. The van der Waals surface area contributed by atoms with Gasteiger partial charge in [-0.05, 0) is 102 Å². The van der Waals surface area contributed by atoms with Gasteiger partial charge in [0.2, 0.25) is 0 Å². The minimum absolute atomic E-state index is 0. The minimum atomic E-state index is -0.700. The number of rotatable bonds is 6. The quantitative estimate of drug-likeness (QED) is 0.463. The summed E-state index contributed by atoms with van der Waals surface area (Å²) >= 11 is 0. The van der Waals surface area contributed by atoms with Crippen LogP contribution in [0.2, 0.25) is 0 Å². The van der Waals surface area contributed by atoms with Crippen LogP contribution in [0.1, 0.15) is 58.6 Å². The SMILES string of the molecule is Cc1cccc(C)c1-c1cccc(COc2ccc3c(c2)CC2(CC2)C3CC(=O)O)c1C.[CaH2]. The fourth-order valence-electron chi connectivity index (χ4n) is 5.70. The van der Waals surface area contributed by atoms with Crippen molar-refractivity contribution < 1.29 is 14.6 Å². The Labute approximate surface area is 226 Å². The summed E-state index contributed by atoms with van der Waals surface area (Å²) in [5.74, 6) is 0.321. The molecule has 1 N–H and O–H groups in total. The van der Waals surface area contributed by atoms with Crippen molar-refractivity contribution in [1.82, 2.24) is 0 Å². The molecule has 2 aliphatic rings. The van der Waals surface area contributed by atoms with Gasteiger partial charge in [0, 0.05) is 5.92 Å². The van der Waals surface area contributed by atoms with Gasteiger partial charge in [-0.2, -0.15) is 0 Å². The zero-order valence-corrected chi connectivity index (χ0v) is 19.1. The van der Waals surface area contributed by atoms with Gasteiger partial charge in [-0.3, -0.25) is 4.79 Å². The van der Waals surface area contributed by atoms with E-state index in [0.717, 1.165) is 25.0 Å². The number of benzene rings is 3. The molecule has 1 saturated carbocycles. The Morgan fingerprint density at radius 2 is 1.73 bits per heavy atom. The van der Waals surface area contributed by atoms with Crippen molar-refractivity contribution >= 4 is 43.7 Å². The van der Waals surface area contributed by atoms with Crippen molar-refractivity contribution in [2.24, 2.45) is 5.41 Å². The van der Waals surface area contributed by atoms with Gasteiger partial charge in [0.05, 0.1) is 6.42 Å². The van der Waals surface area contributed by atoms with Gasteiger partial charge < -0.3 is 9.84 Å². The summed E-state index contributed by atoms with van der Waals surface area (Å²) in [6.45, 7) is 7.03. The van der Waals surface area contributed by atoms with Crippen LogP contribution in [0.5, 0.6) is 5.75 Å². The molecule has 0 aliphatic heterocycles. The van der Waals surface area contributed by atoms with Crippen LogP contribution < -0.4 is 4.74 Å². The number of hydrogen-bond acceptors (Lipinski definition) is 2. The number of ether oxygens (including phenoxy) is 1. The summed E-state index contributed by atoms with van der Waals surface area (Å²) in [6, 6.07) is 19.1. The van der Waals surface area contributed by atoms with Crippen molar-refractivity contribution in [1.29, 1.82) is 0 Å². The third-order valence-corrected chi connectivity index (χ3v) is 7.63. The Hall–Kier alpha value is -1.81. The molecular formula is C29H32CaO3. The van der Waals surface area contributed by atoms with Crippen molar-refractivity contribution in [2.75, 3.05) is 0 Å². The normalized spacial score (nSPS) is 17.4. The van der Waals surface area contributed by atoms with E-state index in [1.165, 1.54) is 44.5 Å². The summed E-state index contributed by atoms with van der Waals surface area (Å²) < 4.78 is 6.24. The Morgan fingerprint density at radius 1 is 1.03 bits per heavy atom. The summed E-state index contributed by atoms with van der Waals surface area (Å²) in [7, 11) is 0. The molecule has 3 aromatic rings. The molecule has 1 unspecified atom stereocenters. The zero-order valence-electron chi connectivity index (χ0n) is 19.1. The van der Waals surface area contributed by atoms with Crippen LogP contribution in [0.15, 0.2) is 54.6 Å². The average Bonchev–Trinajstić information content (AvgIpc) is 3.46. The molecule has 0 saturated heterocycles. The van der Waals surface area contributed by atoms with Crippen LogP contribution in [0.4, 0.5) is 0 Å². The van der Waals surface area contributed by atoms with Crippen LogP contribution in [0, 0.1) is 26.2 Å². The molecular weight excluding hydrogens is 436 g/mol. The van der Waals surface area contributed by atoms with Gasteiger partial charge in [-0.1, -0.05) is 42.5 Å². The molecule has 5 rings (SSSR count). The number of aryl methyl sites for hydroxylation is 2. The van der Waals surface area contributed by atoms with E-state index in [2.05, 4.69) is 69.3 Å². The third kappa shape index (κ3) is 4.60. The summed E-state index contributed by atoms with van der Waals surface area (Å²) in [5, 5.41) is 9.36. The standard InChI is InChI=1S/C29H30O3.Ca.2H/c1-18-6-4-7-19(2)28(18)24-9-5-8-21(20(24)3)17-32-23-10-11-25-22(14-23)16-29(12-13-29)26(25)15-27(30)31;;;/h4-11,14,26H,12-13,15-17H2,1-3H3,(H,30,31);;;. The molecule has 4 heteroatoms. The molecule has 0 aromatic heterocycles. The van der Waals surface area contributed by atoms with Crippen LogP contribution in [-0.2, 0) is 17.8 Å². The number of carboxylic acids is 1. The molecule has 0 bridgehead atoms. The Bertz CT molecular complexity index is 1190. The van der Waals surface area contributed by atoms with E-state index in [-0.39, 0.29) is 55.5 Å². The monoisotopic (exact) mass is 468 g/mol. The van der Waals surface area contributed by atoms with E-state index in [1.807, 2.05) is 6.07 Å². The summed E-state index contributed by atoms with van der Waals surface area (Å²) in [4.78, 5) is 11.4. The van der Waals surface area contributed by atoms with E-state index in [4.69, 9.17) is 4.74 Å². The van der Waals surface area contributed by atoms with Gasteiger partial charge in [0.1, 0.15) is 12.4 Å². The molecule has 0 radical (unpaired) electrons. The predicted molar refractivity (Wildman–Crippen MR) is 136 cm³/mol. The molecule has 168 valence electrons. The first-order valence-corrected chi connectivity index (χ1v) is 11.5. The second-order valence-corrected chi connectivity index (χ2v) is 9.70. The molecule has 3 nitrogen and oxygen atoms in total. The van der Waals surface area contributed by atoms with E-state index < -0.39 is 5.97 Å². The van der Waals surface area contributed by atoms with E-state index in [9.17, 15) is 9.90 Å². The summed E-state index contributed by atoms with van der Waals surface area (Å²) in [5.41, 5.74) is 10.3. The number of carbonyl (C=O) groups is 1. The van der Waals surface area contributed by atoms with Crippen LogP contribution in [0.3, 0.4) is 0 Å². The first-order chi connectivity index (χ1) is 15.4. The Kier molecular flexibility index (Phi) is 6.96. The Balaban J connectivity index is 0.00000259. The van der Waals surface area contributed by atoms with Crippen molar-refractivity contribution in [3.63, 3.8) is 0 Å². The molecule has 2 aliphatic carbocycles. The third-order valence-electron chi connectivity index (χ3n) is 7.63.